The van der Waals surface area contributed by atoms with Crippen LogP contribution in [-0.4, -0.2) is 37.7 Å². The molecule has 0 saturated carbocycles. The summed E-state index contributed by atoms with van der Waals surface area (Å²) >= 11 is 6.39. The van der Waals surface area contributed by atoms with Crippen molar-refractivity contribution in [3.05, 3.63) is 28.8 Å². The SMILES string of the molecule is CC(C)NCc1cccc(Cl)c1N1CCOCC1C(N)=O. The second-order valence-electron chi connectivity index (χ2n) is 5.47. The molecular weight excluding hydrogens is 290 g/mol. The van der Waals surface area contributed by atoms with Gasteiger partial charge in [-0.05, 0) is 11.6 Å². The molecule has 0 aromatic heterocycles. The quantitative estimate of drug-likeness (QED) is 0.865. The van der Waals surface area contributed by atoms with Crippen molar-refractivity contribution in [1.29, 1.82) is 0 Å². The average molecular weight is 312 g/mol. The number of morpholine rings is 1. The maximum absolute atomic E-state index is 11.7. The lowest BCUT2D eigenvalue weighted by molar-refractivity contribution is -0.121. The Morgan fingerprint density at radius 3 is 3.00 bits per heavy atom. The van der Waals surface area contributed by atoms with Gasteiger partial charge in [-0.25, -0.2) is 0 Å². The molecule has 0 aliphatic carbocycles. The van der Waals surface area contributed by atoms with Crippen molar-refractivity contribution in [2.24, 2.45) is 5.73 Å². The van der Waals surface area contributed by atoms with Crippen LogP contribution in [0.3, 0.4) is 0 Å². The first kappa shape index (κ1) is 16.1. The Bertz CT molecular complexity index is 508. The smallest absolute Gasteiger partial charge is 0.242 e. The van der Waals surface area contributed by atoms with Gasteiger partial charge in [-0.3, -0.25) is 4.79 Å². The molecule has 6 heteroatoms. The van der Waals surface area contributed by atoms with E-state index in [9.17, 15) is 4.79 Å². The maximum Gasteiger partial charge on any atom is 0.242 e. The Labute approximate surface area is 130 Å². The first-order valence-corrected chi connectivity index (χ1v) is 7.53. The summed E-state index contributed by atoms with van der Waals surface area (Å²) in [6.45, 7) is 6.34. The third-order valence-electron chi connectivity index (χ3n) is 3.52. The Morgan fingerprint density at radius 1 is 1.57 bits per heavy atom. The highest BCUT2D eigenvalue weighted by Gasteiger charge is 2.30. The fourth-order valence-corrected chi connectivity index (χ4v) is 2.75. The summed E-state index contributed by atoms with van der Waals surface area (Å²) < 4.78 is 5.37. The van der Waals surface area contributed by atoms with Crippen LogP contribution in [0, 0.1) is 0 Å². The molecule has 1 saturated heterocycles. The summed E-state index contributed by atoms with van der Waals surface area (Å²) in [6, 6.07) is 5.67. The van der Waals surface area contributed by atoms with Crippen molar-refractivity contribution in [3.63, 3.8) is 0 Å². The highest BCUT2D eigenvalue weighted by Crippen LogP contribution is 2.32. The van der Waals surface area contributed by atoms with Crippen molar-refractivity contribution < 1.29 is 9.53 Å². The second kappa shape index (κ2) is 7.11. The molecule has 1 aromatic rings. The summed E-state index contributed by atoms with van der Waals surface area (Å²) in [5, 5.41) is 4.01. The van der Waals surface area contributed by atoms with Crippen LogP contribution in [0.15, 0.2) is 18.2 Å². The highest BCUT2D eigenvalue weighted by atomic mass is 35.5. The number of anilines is 1. The van der Waals surface area contributed by atoms with Gasteiger partial charge in [-0.2, -0.15) is 0 Å². The number of primary amides is 1. The third-order valence-corrected chi connectivity index (χ3v) is 3.82. The van der Waals surface area contributed by atoms with Gasteiger partial charge in [-0.1, -0.05) is 37.6 Å². The number of hydrogen-bond donors (Lipinski definition) is 2. The molecule has 2 rings (SSSR count). The molecule has 0 radical (unpaired) electrons. The van der Waals surface area contributed by atoms with Crippen LogP contribution in [0.4, 0.5) is 5.69 Å². The van der Waals surface area contributed by atoms with Gasteiger partial charge in [0.1, 0.15) is 6.04 Å². The second-order valence-corrected chi connectivity index (χ2v) is 5.88. The average Bonchev–Trinajstić information content (AvgIpc) is 2.45. The van der Waals surface area contributed by atoms with E-state index < -0.39 is 11.9 Å². The maximum atomic E-state index is 11.7. The summed E-state index contributed by atoms with van der Waals surface area (Å²) in [5.74, 6) is -0.391. The number of nitrogens with one attached hydrogen (secondary N) is 1. The number of ether oxygens (including phenoxy) is 1. The number of carbonyl (C=O) groups excluding carboxylic acids is 1. The summed E-state index contributed by atoms with van der Waals surface area (Å²) in [4.78, 5) is 13.6. The molecule has 1 unspecified atom stereocenters. The monoisotopic (exact) mass is 311 g/mol. The largest absolute Gasteiger partial charge is 0.377 e. The zero-order valence-corrected chi connectivity index (χ0v) is 13.2. The standard InChI is InChI=1S/C15H22ClN3O2/c1-10(2)18-8-11-4-3-5-12(16)14(11)19-6-7-21-9-13(19)15(17)20/h3-5,10,13,18H,6-9H2,1-2H3,(H2,17,20). The summed E-state index contributed by atoms with van der Waals surface area (Å²) in [7, 11) is 0. The number of rotatable bonds is 5. The number of halogens is 1. The molecule has 1 atom stereocenters. The van der Waals surface area contributed by atoms with E-state index in [1.54, 1.807) is 0 Å². The fourth-order valence-electron chi connectivity index (χ4n) is 2.45. The Hall–Kier alpha value is -1.30. The van der Waals surface area contributed by atoms with E-state index in [4.69, 9.17) is 22.1 Å². The van der Waals surface area contributed by atoms with Gasteiger partial charge in [-0.15, -0.1) is 0 Å². The van der Waals surface area contributed by atoms with Crippen molar-refractivity contribution in [2.75, 3.05) is 24.7 Å². The van der Waals surface area contributed by atoms with E-state index >= 15 is 0 Å². The van der Waals surface area contributed by atoms with E-state index in [1.807, 2.05) is 23.1 Å². The number of carbonyl (C=O) groups is 1. The van der Waals surface area contributed by atoms with E-state index in [2.05, 4.69) is 19.2 Å². The molecule has 1 aromatic carbocycles. The molecule has 1 fully saturated rings. The fraction of sp³-hybridized carbons (Fsp3) is 0.533. The zero-order chi connectivity index (χ0) is 15.4. The molecule has 1 heterocycles. The molecule has 3 N–H and O–H groups in total. The van der Waals surface area contributed by atoms with Crippen molar-refractivity contribution in [1.82, 2.24) is 5.32 Å². The van der Waals surface area contributed by atoms with E-state index in [0.717, 1.165) is 11.3 Å². The Kier molecular flexibility index (Phi) is 5.45. The molecule has 5 nitrogen and oxygen atoms in total. The zero-order valence-electron chi connectivity index (χ0n) is 12.4. The molecule has 116 valence electrons. The normalized spacial score (nSPS) is 19.0. The lowest BCUT2D eigenvalue weighted by Crippen LogP contribution is -2.53. The van der Waals surface area contributed by atoms with E-state index in [0.29, 0.717) is 37.4 Å². The minimum absolute atomic E-state index is 0.303. The number of hydrogen-bond acceptors (Lipinski definition) is 4. The predicted octanol–water partition coefficient (Wildman–Crippen LogP) is 1.53. The van der Waals surface area contributed by atoms with Crippen LogP contribution in [0.1, 0.15) is 19.4 Å². The van der Waals surface area contributed by atoms with Crippen LogP contribution in [0.25, 0.3) is 0 Å². The number of para-hydroxylation sites is 1. The van der Waals surface area contributed by atoms with E-state index in [-0.39, 0.29) is 0 Å². The van der Waals surface area contributed by atoms with Gasteiger partial charge in [0.25, 0.3) is 0 Å². The van der Waals surface area contributed by atoms with Crippen LogP contribution in [0.2, 0.25) is 5.02 Å². The topological polar surface area (TPSA) is 67.6 Å². The molecule has 1 amide bonds. The summed E-state index contributed by atoms with van der Waals surface area (Å²) in [5.41, 5.74) is 7.43. The third kappa shape index (κ3) is 3.87. The first-order chi connectivity index (χ1) is 10.0. The molecule has 0 spiro atoms. The number of nitrogens with two attached hydrogens (primary N) is 1. The van der Waals surface area contributed by atoms with Gasteiger partial charge < -0.3 is 20.7 Å². The van der Waals surface area contributed by atoms with E-state index in [1.165, 1.54) is 0 Å². The predicted molar refractivity (Wildman–Crippen MR) is 84.6 cm³/mol. The van der Waals surface area contributed by atoms with Crippen molar-refractivity contribution >= 4 is 23.2 Å². The van der Waals surface area contributed by atoms with Gasteiger partial charge in [0.2, 0.25) is 5.91 Å². The lowest BCUT2D eigenvalue weighted by atomic mass is 10.1. The van der Waals surface area contributed by atoms with Crippen molar-refractivity contribution in [3.8, 4) is 0 Å². The minimum atomic E-state index is -0.476. The van der Waals surface area contributed by atoms with Gasteiger partial charge >= 0.3 is 0 Å². The number of benzene rings is 1. The first-order valence-electron chi connectivity index (χ1n) is 7.15. The van der Waals surface area contributed by atoms with Crippen LogP contribution >= 0.6 is 11.6 Å². The van der Waals surface area contributed by atoms with Gasteiger partial charge in [0, 0.05) is 19.1 Å². The molecule has 1 aliphatic rings. The molecule has 1 aliphatic heterocycles. The minimum Gasteiger partial charge on any atom is -0.377 e. The van der Waals surface area contributed by atoms with Gasteiger partial charge in [0.15, 0.2) is 0 Å². The summed E-state index contributed by atoms with van der Waals surface area (Å²) in [6.07, 6.45) is 0. The number of amides is 1. The lowest BCUT2D eigenvalue weighted by Gasteiger charge is -2.37. The van der Waals surface area contributed by atoms with Crippen LogP contribution < -0.4 is 16.0 Å². The molecule has 21 heavy (non-hydrogen) atoms. The van der Waals surface area contributed by atoms with Gasteiger partial charge in [0.05, 0.1) is 23.9 Å². The number of nitrogens with zero attached hydrogens (tertiary/aromatic N) is 1. The Balaban J connectivity index is 2.33. The Morgan fingerprint density at radius 2 is 2.33 bits per heavy atom. The van der Waals surface area contributed by atoms with Crippen LogP contribution in [-0.2, 0) is 16.1 Å². The molecular formula is C15H22ClN3O2. The highest BCUT2D eigenvalue weighted by molar-refractivity contribution is 6.33. The van der Waals surface area contributed by atoms with Crippen LogP contribution in [0.5, 0.6) is 0 Å². The molecule has 0 bridgehead atoms. The van der Waals surface area contributed by atoms with Crippen molar-refractivity contribution in [2.45, 2.75) is 32.5 Å².